The molecule has 0 aliphatic carbocycles. The van der Waals surface area contributed by atoms with Crippen LogP contribution in [-0.4, -0.2) is 66.1 Å². The zero-order valence-corrected chi connectivity index (χ0v) is 1.46. The molecular formula is H9AlCaFeSi. The van der Waals surface area contributed by atoms with Crippen LogP contribution in [0, 0.1) is 0 Å². The number of rotatable bonds is 0. The molecule has 4 heteroatoms. The Morgan fingerprint density at radius 3 is 1.00 bits per heavy atom. The molecule has 0 N–H and O–H groups in total. The van der Waals surface area contributed by atoms with E-state index in [4.69, 9.17) is 0 Å². The van der Waals surface area contributed by atoms with Crippen LogP contribution in [0.2, 0.25) is 0 Å². The third kappa shape index (κ3) is 8.82. The maximum Gasteiger partial charge on any atom is 0 e. The van der Waals surface area contributed by atoms with Gasteiger partial charge in [0.15, 0.2) is 17.4 Å². The minimum absolute atomic E-state index is 0. The molecule has 0 nitrogen and oxygen atoms in total. The van der Waals surface area contributed by atoms with Crippen LogP contribution in [0.15, 0.2) is 0 Å². The molecule has 0 bridgehead atoms. The fourth-order valence-electron chi connectivity index (χ4n) is 0. The van der Waals surface area contributed by atoms with E-state index < -0.39 is 0 Å². The second-order valence-electron chi connectivity index (χ2n) is 0. The largest absolute Gasteiger partial charge is 0.0149 e. The fourth-order valence-corrected chi connectivity index (χ4v) is 0. The van der Waals surface area contributed by atoms with Crippen LogP contribution in [0.25, 0.3) is 0 Å². The molecular weight excluding hydrogens is 151 g/mol. The molecule has 0 spiro atoms. The molecule has 0 heterocycles. The topological polar surface area (TPSA) is 0 Å². The van der Waals surface area contributed by atoms with Crippen LogP contribution in [0.5, 0.6) is 0 Å². The fraction of sp³-hybridized carbons (Fsp3) is 0. The van der Waals surface area contributed by atoms with E-state index in [2.05, 4.69) is 0 Å². The molecule has 0 saturated carbocycles. The summed E-state index contributed by atoms with van der Waals surface area (Å²) in [4.78, 5) is 0. The first-order valence-electron chi connectivity index (χ1n) is 0. The van der Waals surface area contributed by atoms with Gasteiger partial charge in [0.25, 0.3) is 0 Å². The Morgan fingerprint density at radius 1 is 1.00 bits per heavy atom. The van der Waals surface area contributed by atoms with Gasteiger partial charge in [0.05, 0.1) is 0 Å². The summed E-state index contributed by atoms with van der Waals surface area (Å²) < 4.78 is 0. The zero-order valence-electron chi connectivity index (χ0n) is 0.354. The second-order valence-corrected chi connectivity index (χ2v) is 0. The standard InChI is InChI=1S/Al.Ca.Fe.H4Si.5H/h;;;1H4;;;;;. The van der Waals surface area contributed by atoms with Crippen molar-refractivity contribution in [3.05, 3.63) is 0 Å². The van der Waals surface area contributed by atoms with Crippen molar-refractivity contribution in [2.75, 3.05) is 0 Å². The van der Waals surface area contributed by atoms with Gasteiger partial charge in [-0.25, -0.2) is 0 Å². The average Bonchev–Trinajstić information content (AvgIpc) is 0. The maximum absolute atomic E-state index is 0. The molecule has 0 rings (SSSR count). The van der Waals surface area contributed by atoms with Crippen LogP contribution in [0.1, 0.15) is 0 Å². The third-order valence-corrected chi connectivity index (χ3v) is 0. The molecule has 0 atom stereocenters. The molecule has 0 aliphatic heterocycles. The summed E-state index contributed by atoms with van der Waals surface area (Å²) in [7, 11) is 0. The van der Waals surface area contributed by atoms with Gasteiger partial charge in [0.1, 0.15) is 0 Å². The summed E-state index contributed by atoms with van der Waals surface area (Å²) in [6.07, 6.45) is 0. The van der Waals surface area contributed by atoms with Gasteiger partial charge in [-0.05, 0) is 11.0 Å². The van der Waals surface area contributed by atoms with Crippen molar-refractivity contribution in [2.45, 2.75) is 0 Å². The SMILES string of the molecule is [AlH3].[CaH2].[Fe].[SiH4]. The molecule has 26 valence electrons. The van der Waals surface area contributed by atoms with Crippen molar-refractivity contribution in [1.82, 2.24) is 0 Å². The van der Waals surface area contributed by atoms with Crippen molar-refractivity contribution in [1.29, 1.82) is 0 Å². The van der Waals surface area contributed by atoms with Gasteiger partial charge in [-0.1, -0.05) is 0 Å². The van der Waals surface area contributed by atoms with Crippen LogP contribution in [-0.2, 0) is 17.1 Å². The average molecular weight is 160 g/mol. The Hall–Kier alpha value is 2.53. The molecule has 0 amide bonds. The summed E-state index contributed by atoms with van der Waals surface area (Å²) in [6.45, 7) is 0. The summed E-state index contributed by atoms with van der Waals surface area (Å²) in [5, 5.41) is 0. The predicted molar refractivity (Wildman–Crippen MR) is 29.8 cm³/mol. The van der Waals surface area contributed by atoms with Crippen molar-refractivity contribution in [3.8, 4) is 0 Å². The normalized spacial score (nSPS) is 0. The number of hydrogen-bond acceptors (Lipinski definition) is 0. The summed E-state index contributed by atoms with van der Waals surface area (Å²) in [6, 6.07) is 0. The third-order valence-electron chi connectivity index (χ3n) is 0. The first-order valence-corrected chi connectivity index (χ1v) is 0. The Kier molecular flexibility index (Phi) is 138. The van der Waals surface area contributed by atoms with E-state index in [1.54, 1.807) is 0 Å². The van der Waals surface area contributed by atoms with Gasteiger partial charge < -0.3 is 0 Å². The van der Waals surface area contributed by atoms with Crippen molar-refractivity contribution in [3.63, 3.8) is 0 Å². The van der Waals surface area contributed by atoms with Crippen molar-refractivity contribution < 1.29 is 17.1 Å². The smallest absolute Gasteiger partial charge is 0 e. The predicted octanol–water partition coefficient (Wildman–Crippen LogP) is -3.55. The van der Waals surface area contributed by atoms with E-state index in [1.807, 2.05) is 0 Å². The van der Waals surface area contributed by atoms with E-state index in [9.17, 15) is 0 Å². The van der Waals surface area contributed by atoms with Crippen LogP contribution < -0.4 is 0 Å². The maximum atomic E-state index is 0. The van der Waals surface area contributed by atoms with Crippen molar-refractivity contribution >= 4 is 66.1 Å². The van der Waals surface area contributed by atoms with Crippen LogP contribution in [0.4, 0.5) is 0 Å². The zero-order chi connectivity index (χ0) is 0. The first kappa shape index (κ1) is 31.2. The summed E-state index contributed by atoms with van der Waals surface area (Å²) in [5.74, 6) is 0. The quantitative estimate of drug-likeness (QED) is 0.322. The molecule has 0 aromatic heterocycles. The van der Waals surface area contributed by atoms with Gasteiger partial charge in [-0.15, -0.1) is 0 Å². The minimum Gasteiger partial charge on any atom is -0.0149 e. The Bertz CT molecular complexity index is 8.00. The Morgan fingerprint density at radius 2 is 1.00 bits per heavy atom. The van der Waals surface area contributed by atoms with Gasteiger partial charge in [0, 0.05) is 17.1 Å². The molecule has 4 heavy (non-hydrogen) atoms. The molecule has 0 saturated heterocycles. The Balaban J connectivity index is 0. The van der Waals surface area contributed by atoms with Gasteiger partial charge in [-0.2, -0.15) is 0 Å². The minimum atomic E-state index is 0. The molecule has 0 aromatic rings. The number of hydrogen-bond donors (Lipinski definition) is 0. The van der Waals surface area contributed by atoms with Crippen molar-refractivity contribution in [2.24, 2.45) is 0 Å². The van der Waals surface area contributed by atoms with Crippen LogP contribution >= 0.6 is 0 Å². The van der Waals surface area contributed by atoms with E-state index in [0.29, 0.717) is 0 Å². The van der Waals surface area contributed by atoms with E-state index in [0.717, 1.165) is 0 Å². The molecule has 0 unspecified atom stereocenters. The van der Waals surface area contributed by atoms with E-state index in [-0.39, 0.29) is 83.1 Å². The molecule has 0 aliphatic rings. The summed E-state index contributed by atoms with van der Waals surface area (Å²) >= 11 is 0. The monoisotopic (exact) mass is 160 g/mol. The Labute approximate surface area is 81.7 Å². The molecule has 0 radical (unpaired) electrons. The van der Waals surface area contributed by atoms with E-state index >= 15 is 0 Å². The van der Waals surface area contributed by atoms with E-state index in [1.165, 1.54) is 0 Å². The molecule has 0 fully saturated rings. The second kappa shape index (κ2) is 17.7. The first-order chi connectivity index (χ1) is 0. The summed E-state index contributed by atoms with van der Waals surface area (Å²) in [5.41, 5.74) is 0. The van der Waals surface area contributed by atoms with Gasteiger partial charge in [-0.3, -0.25) is 0 Å². The van der Waals surface area contributed by atoms with Gasteiger partial charge in [0.2, 0.25) is 0 Å². The van der Waals surface area contributed by atoms with Gasteiger partial charge >= 0.3 is 37.7 Å². The molecule has 0 aromatic carbocycles. The van der Waals surface area contributed by atoms with Crippen LogP contribution in [0.3, 0.4) is 0 Å².